The summed E-state index contributed by atoms with van der Waals surface area (Å²) in [5.41, 5.74) is 1.20. The summed E-state index contributed by atoms with van der Waals surface area (Å²) in [4.78, 5) is 2.39. The van der Waals surface area contributed by atoms with Crippen molar-refractivity contribution in [3.05, 3.63) is 33.1 Å². The summed E-state index contributed by atoms with van der Waals surface area (Å²) in [5.74, 6) is -0.125. The average Bonchev–Trinajstić information content (AvgIpc) is 2.25. The fourth-order valence-corrected chi connectivity index (χ4v) is 2.35. The number of piperazine rings is 1. The van der Waals surface area contributed by atoms with Gasteiger partial charge in [-0.3, -0.25) is 4.90 Å². The summed E-state index contributed by atoms with van der Waals surface area (Å²) in [7, 11) is 0. The van der Waals surface area contributed by atoms with Crippen molar-refractivity contribution < 1.29 is 4.39 Å². The zero-order valence-electron chi connectivity index (χ0n) is 8.47. The summed E-state index contributed by atoms with van der Waals surface area (Å²) in [6.07, 6.45) is 0. The maximum Gasteiger partial charge on any atom is 0.136 e. The number of nitrogens with zero attached hydrogens (tertiary/aromatic N) is 1. The molecule has 0 spiro atoms. The van der Waals surface area contributed by atoms with E-state index in [0.717, 1.165) is 32.7 Å². The molecule has 1 aromatic carbocycles. The Labute approximate surface area is 103 Å². The first-order valence-corrected chi connectivity index (χ1v) is 6.20. The lowest BCUT2D eigenvalue weighted by atomic mass is 10.2. The van der Waals surface area contributed by atoms with Gasteiger partial charge in [-0.15, -0.1) is 0 Å². The molecular weight excluding hydrogens is 306 g/mol. The van der Waals surface area contributed by atoms with E-state index >= 15 is 0 Å². The Bertz CT molecular complexity index is 337. The molecule has 1 aromatic rings. The second-order valence-electron chi connectivity index (χ2n) is 3.77. The van der Waals surface area contributed by atoms with Gasteiger partial charge in [-0.05, 0) is 40.3 Å². The van der Waals surface area contributed by atoms with Crippen LogP contribution in [0.1, 0.15) is 5.56 Å². The van der Waals surface area contributed by atoms with Crippen LogP contribution in [0.4, 0.5) is 4.39 Å². The molecule has 0 bridgehead atoms. The molecule has 1 aliphatic rings. The summed E-state index contributed by atoms with van der Waals surface area (Å²) in [5, 5.41) is 3.32. The molecule has 0 radical (unpaired) electrons. The van der Waals surface area contributed by atoms with Gasteiger partial charge in [-0.1, -0.05) is 6.07 Å². The van der Waals surface area contributed by atoms with E-state index < -0.39 is 0 Å². The van der Waals surface area contributed by atoms with Crippen molar-refractivity contribution in [2.75, 3.05) is 26.2 Å². The van der Waals surface area contributed by atoms with Crippen molar-refractivity contribution in [3.8, 4) is 0 Å². The Morgan fingerprint density at radius 1 is 1.33 bits per heavy atom. The van der Waals surface area contributed by atoms with Crippen LogP contribution in [0.2, 0.25) is 0 Å². The third kappa shape index (κ3) is 3.12. The number of hydrogen-bond donors (Lipinski definition) is 1. The zero-order valence-corrected chi connectivity index (χ0v) is 10.6. The molecule has 2 rings (SSSR count). The number of benzene rings is 1. The van der Waals surface area contributed by atoms with Crippen molar-refractivity contribution in [3.63, 3.8) is 0 Å². The smallest absolute Gasteiger partial charge is 0.136 e. The van der Waals surface area contributed by atoms with Crippen LogP contribution in [-0.4, -0.2) is 31.1 Å². The molecule has 0 aliphatic carbocycles. The van der Waals surface area contributed by atoms with Gasteiger partial charge in [-0.2, -0.15) is 0 Å². The molecule has 1 N–H and O–H groups in total. The van der Waals surface area contributed by atoms with Crippen LogP contribution in [-0.2, 0) is 6.54 Å². The minimum Gasteiger partial charge on any atom is -0.314 e. The van der Waals surface area contributed by atoms with Gasteiger partial charge >= 0.3 is 0 Å². The first kappa shape index (κ1) is 11.3. The molecule has 82 valence electrons. The second-order valence-corrected chi connectivity index (χ2v) is 4.94. The zero-order chi connectivity index (χ0) is 10.7. The van der Waals surface area contributed by atoms with E-state index in [0.29, 0.717) is 3.57 Å². The second kappa shape index (κ2) is 5.23. The highest BCUT2D eigenvalue weighted by molar-refractivity contribution is 14.1. The van der Waals surface area contributed by atoms with Crippen LogP contribution in [0.25, 0.3) is 0 Å². The molecule has 1 saturated heterocycles. The molecule has 0 aromatic heterocycles. The molecule has 0 atom stereocenters. The molecule has 2 nitrogen and oxygen atoms in total. The lowest BCUT2D eigenvalue weighted by Crippen LogP contribution is -2.42. The Hall–Kier alpha value is -0.200. The Balaban J connectivity index is 2.00. The summed E-state index contributed by atoms with van der Waals surface area (Å²) >= 11 is 2.04. The number of nitrogens with one attached hydrogen (secondary N) is 1. The lowest BCUT2D eigenvalue weighted by Gasteiger charge is -2.27. The highest BCUT2D eigenvalue weighted by Crippen LogP contribution is 2.14. The third-order valence-corrected chi connectivity index (χ3v) is 3.43. The summed E-state index contributed by atoms with van der Waals surface area (Å²) in [6.45, 7) is 5.19. The van der Waals surface area contributed by atoms with E-state index in [9.17, 15) is 4.39 Å². The minimum atomic E-state index is -0.125. The van der Waals surface area contributed by atoms with E-state index in [4.69, 9.17) is 0 Å². The Morgan fingerprint density at radius 2 is 2.07 bits per heavy atom. The van der Waals surface area contributed by atoms with Gasteiger partial charge in [0.15, 0.2) is 0 Å². The third-order valence-electron chi connectivity index (χ3n) is 2.60. The molecule has 1 heterocycles. The fraction of sp³-hybridized carbons (Fsp3) is 0.455. The summed E-state index contributed by atoms with van der Waals surface area (Å²) < 4.78 is 13.8. The normalized spacial score (nSPS) is 18.0. The quantitative estimate of drug-likeness (QED) is 0.837. The molecule has 0 unspecified atom stereocenters. The predicted octanol–water partition coefficient (Wildman–Crippen LogP) is 1.84. The molecule has 4 heteroatoms. The Kier molecular flexibility index (Phi) is 3.93. The van der Waals surface area contributed by atoms with Crippen molar-refractivity contribution in [2.24, 2.45) is 0 Å². The largest absolute Gasteiger partial charge is 0.314 e. The van der Waals surface area contributed by atoms with Crippen molar-refractivity contribution in [1.82, 2.24) is 10.2 Å². The first-order chi connectivity index (χ1) is 7.25. The molecular formula is C11H14FIN2. The van der Waals surface area contributed by atoms with Crippen LogP contribution >= 0.6 is 22.6 Å². The van der Waals surface area contributed by atoms with E-state index in [1.165, 1.54) is 5.56 Å². The average molecular weight is 320 g/mol. The maximum absolute atomic E-state index is 13.0. The monoisotopic (exact) mass is 320 g/mol. The van der Waals surface area contributed by atoms with Gasteiger partial charge in [0, 0.05) is 36.3 Å². The first-order valence-electron chi connectivity index (χ1n) is 5.13. The molecule has 0 amide bonds. The molecule has 0 saturated carbocycles. The fourth-order valence-electron chi connectivity index (χ4n) is 1.77. The van der Waals surface area contributed by atoms with E-state index in [-0.39, 0.29) is 5.82 Å². The van der Waals surface area contributed by atoms with Gasteiger partial charge in [-0.25, -0.2) is 4.39 Å². The van der Waals surface area contributed by atoms with Crippen molar-refractivity contribution in [2.45, 2.75) is 6.54 Å². The Morgan fingerprint density at radius 3 is 2.73 bits per heavy atom. The standard InChI is InChI=1S/C11H14FIN2/c12-10-2-1-9(7-11(10)13)8-15-5-3-14-4-6-15/h1-2,7,14H,3-6,8H2. The lowest BCUT2D eigenvalue weighted by molar-refractivity contribution is 0.233. The van der Waals surface area contributed by atoms with Gasteiger partial charge in [0.25, 0.3) is 0 Å². The van der Waals surface area contributed by atoms with Gasteiger partial charge in [0.1, 0.15) is 5.82 Å². The van der Waals surface area contributed by atoms with Crippen molar-refractivity contribution in [1.29, 1.82) is 0 Å². The molecule has 1 fully saturated rings. The summed E-state index contributed by atoms with van der Waals surface area (Å²) in [6, 6.07) is 5.36. The van der Waals surface area contributed by atoms with Gasteiger partial charge in [0.2, 0.25) is 0 Å². The van der Waals surface area contributed by atoms with Crippen LogP contribution < -0.4 is 5.32 Å². The van der Waals surface area contributed by atoms with E-state index in [1.54, 1.807) is 6.07 Å². The molecule has 1 aliphatic heterocycles. The minimum absolute atomic E-state index is 0.125. The van der Waals surface area contributed by atoms with Crippen LogP contribution in [0, 0.1) is 9.39 Å². The highest BCUT2D eigenvalue weighted by atomic mass is 127. The van der Waals surface area contributed by atoms with Crippen LogP contribution in [0.5, 0.6) is 0 Å². The van der Waals surface area contributed by atoms with Crippen LogP contribution in [0.15, 0.2) is 18.2 Å². The number of hydrogen-bond acceptors (Lipinski definition) is 2. The van der Waals surface area contributed by atoms with Gasteiger partial charge in [0.05, 0.1) is 0 Å². The van der Waals surface area contributed by atoms with E-state index in [1.807, 2.05) is 34.7 Å². The predicted molar refractivity (Wildman–Crippen MR) is 67.3 cm³/mol. The maximum atomic E-state index is 13.0. The SMILES string of the molecule is Fc1ccc(CN2CCNCC2)cc1I. The number of rotatable bonds is 2. The van der Waals surface area contributed by atoms with Crippen LogP contribution in [0.3, 0.4) is 0 Å². The van der Waals surface area contributed by atoms with E-state index in [2.05, 4.69) is 10.2 Å². The highest BCUT2D eigenvalue weighted by Gasteiger charge is 2.10. The van der Waals surface area contributed by atoms with Crippen molar-refractivity contribution >= 4 is 22.6 Å². The number of halogens is 2. The van der Waals surface area contributed by atoms with Gasteiger partial charge < -0.3 is 5.32 Å². The molecule has 15 heavy (non-hydrogen) atoms. The topological polar surface area (TPSA) is 15.3 Å².